The maximum atomic E-state index is 14.2. The van der Waals surface area contributed by atoms with Crippen LogP contribution in [0.1, 0.15) is 0 Å². The number of nitrogens with zero attached hydrogens (tertiary/aromatic N) is 4. The van der Waals surface area contributed by atoms with Gasteiger partial charge in [0.05, 0.1) is 10.6 Å². The third-order valence-electron chi connectivity index (χ3n) is 2.93. The summed E-state index contributed by atoms with van der Waals surface area (Å²) in [4.78, 5) is 7.60. The van der Waals surface area contributed by atoms with Crippen LogP contribution in [0.3, 0.4) is 0 Å². The summed E-state index contributed by atoms with van der Waals surface area (Å²) in [6.45, 7) is -1.64. The zero-order chi connectivity index (χ0) is 17.5. The molecule has 3 rings (SSSR count). The Morgan fingerprint density at radius 3 is 2.58 bits per heavy atom. The van der Waals surface area contributed by atoms with Crippen LogP contribution in [0.5, 0.6) is 5.88 Å². The molecule has 0 atom stereocenters. The molecule has 1 aromatic carbocycles. The first kappa shape index (κ1) is 16.7. The normalized spacial score (nSPS) is 11.9. The molecule has 2 heterocycles. The van der Waals surface area contributed by atoms with Crippen molar-refractivity contribution in [3.8, 4) is 17.0 Å². The van der Waals surface area contributed by atoms with Gasteiger partial charge in [-0.25, -0.2) is 4.39 Å². The quantitative estimate of drug-likeness (QED) is 0.505. The second kappa shape index (κ2) is 6.06. The van der Waals surface area contributed by atoms with Gasteiger partial charge in [-0.1, -0.05) is 29.3 Å². The van der Waals surface area contributed by atoms with Crippen molar-refractivity contribution in [1.29, 1.82) is 0 Å². The molecule has 0 aliphatic rings. The fourth-order valence-electron chi connectivity index (χ4n) is 2.02. The fraction of sp³-hybridized carbons (Fsp3) is 0.154. The molecule has 5 nitrogen and oxygen atoms in total. The minimum Gasteiger partial charge on any atom is -0.467 e. The number of ether oxygens (including phenoxy) is 1. The van der Waals surface area contributed by atoms with Gasteiger partial charge in [-0.3, -0.25) is 0 Å². The van der Waals surface area contributed by atoms with Gasteiger partial charge in [-0.05, 0) is 12.1 Å². The molecule has 0 bridgehead atoms. The Morgan fingerprint density at radius 2 is 1.92 bits per heavy atom. The minimum atomic E-state index is -4.63. The van der Waals surface area contributed by atoms with E-state index in [0.29, 0.717) is 0 Å². The molecule has 0 N–H and O–H groups in total. The molecule has 0 amide bonds. The van der Waals surface area contributed by atoms with Crippen LogP contribution in [0.25, 0.3) is 16.9 Å². The summed E-state index contributed by atoms with van der Waals surface area (Å²) in [5, 5.41) is 3.34. The molecule has 3 aromatic rings. The third kappa shape index (κ3) is 3.09. The summed E-state index contributed by atoms with van der Waals surface area (Å²) in [5.41, 5.74) is -0.492. The average molecular weight is 381 g/mol. The lowest BCUT2D eigenvalue weighted by molar-refractivity contribution is -0.154. The van der Waals surface area contributed by atoms with Crippen molar-refractivity contribution >= 4 is 29.0 Å². The maximum absolute atomic E-state index is 14.2. The zero-order valence-electron chi connectivity index (χ0n) is 11.5. The van der Waals surface area contributed by atoms with Gasteiger partial charge in [0.25, 0.3) is 5.78 Å². The molecule has 0 saturated carbocycles. The molecule has 0 aliphatic heterocycles. The van der Waals surface area contributed by atoms with E-state index in [1.165, 1.54) is 12.1 Å². The molecule has 0 radical (unpaired) electrons. The van der Waals surface area contributed by atoms with E-state index < -0.39 is 24.5 Å². The van der Waals surface area contributed by atoms with E-state index >= 15 is 0 Å². The minimum absolute atomic E-state index is 0.0741. The Bertz CT molecular complexity index is 893. The first-order valence-corrected chi connectivity index (χ1v) is 7.06. The highest BCUT2D eigenvalue weighted by molar-refractivity contribution is 6.36. The predicted molar refractivity (Wildman–Crippen MR) is 77.7 cm³/mol. The van der Waals surface area contributed by atoms with Crippen LogP contribution < -0.4 is 4.74 Å². The molecule has 0 aliphatic carbocycles. The van der Waals surface area contributed by atoms with Crippen LogP contribution in [-0.4, -0.2) is 32.4 Å². The number of halogens is 6. The van der Waals surface area contributed by atoms with Crippen LogP contribution in [0, 0.1) is 5.82 Å². The van der Waals surface area contributed by atoms with Gasteiger partial charge in [-0.15, -0.1) is 0 Å². The average Bonchev–Trinajstić information content (AvgIpc) is 2.93. The van der Waals surface area contributed by atoms with E-state index in [1.54, 1.807) is 0 Å². The SMILES string of the molecule is Fc1cccc(Cl)c1-c1c(Cl)nc2ncnn2c1OCC(F)(F)F. The Labute approximate surface area is 141 Å². The van der Waals surface area contributed by atoms with Crippen LogP contribution in [0.2, 0.25) is 10.2 Å². The van der Waals surface area contributed by atoms with Gasteiger partial charge in [0.2, 0.25) is 5.88 Å². The Balaban J connectivity index is 2.28. The zero-order valence-corrected chi connectivity index (χ0v) is 13.0. The van der Waals surface area contributed by atoms with Gasteiger partial charge in [0.1, 0.15) is 17.3 Å². The van der Waals surface area contributed by atoms with E-state index in [4.69, 9.17) is 27.9 Å². The number of benzene rings is 1. The first-order chi connectivity index (χ1) is 11.3. The molecule has 24 heavy (non-hydrogen) atoms. The lowest BCUT2D eigenvalue weighted by atomic mass is 10.1. The second-order valence-electron chi connectivity index (χ2n) is 4.56. The molecule has 11 heteroatoms. The summed E-state index contributed by atoms with van der Waals surface area (Å²) in [7, 11) is 0. The lowest BCUT2D eigenvalue weighted by Gasteiger charge is -2.16. The van der Waals surface area contributed by atoms with Gasteiger partial charge in [0.15, 0.2) is 6.61 Å². The molecular formula is C13H6Cl2F4N4O. The highest BCUT2D eigenvalue weighted by Gasteiger charge is 2.31. The topological polar surface area (TPSA) is 52.3 Å². The van der Waals surface area contributed by atoms with Crippen molar-refractivity contribution in [3.63, 3.8) is 0 Å². The van der Waals surface area contributed by atoms with Crippen LogP contribution >= 0.6 is 23.2 Å². The number of fused-ring (bicyclic) bond motifs is 1. The smallest absolute Gasteiger partial charge is 0.422 e. The molecule has 2 aromatic heterocycles. The Hall–Kier alpha value is -2.13. The molecule has 126 valence electrons. The van der Waals surface area contributed by atoms with Gasteiger partial charge >= 0.3 is 6.18 Å². The van der Waals surface area contributed by atoms with Crippen molar-refractivity contribution in [2.75, 3.05) is 6.61 Å². The summed E-state index contributed by atoms with van der Waals surface area (Å²) in [6, 6.07) is 3.78. The third-order valence-corrected chi connectivity index (χ3v) is 3.51. The molecule has 0 fully saturated rings. The van der Waals surface area contributed by atoms with Crippen molar-refractivity contribution in [2.24, 2.45) is 0 Å². The summed E-state index contributed by atoms with van der Waals surface area (Å²) >= 11 is 12.0. The maximum Gasteiger partial charge on any atom is 0.422 e. The second-order valence-corrected chi connectivity index (χ2v) is 5.32. The molecular weight excluding hydrogens is 375 g/mol. The van der Waals surface area contributed by atoms with Crippen molar-refractivity contribution in [2.45, 2.75) is 6.18 Å². The molecule has 0 spiro atoms. The number of hydrogen-bond donors (Lipinski definition) is 0. The largest absolute Gasteiger partial charge is 0.467 e. The van der Waals surface area contributed by atoms with E-state index in [2.05, 4.69) is 15.1 Å². The van der Waals surface area contributed by atoms with Crippen molar-refractivity contribution < 1.29 is 22.3 Å². The molecule has 0 saturated heterocycles. The summed E-state index contributed by atoms with van der Waals surface area (Å²) in [6.07, 6.45) is -3.58. The standard InChI is InChI=1S/C13H6Cl2F4N4O/c14-6-2-1-3-7(16)8(6)9-10(15)22-12-20-5-21-23(12)11(9)24-4-13(17,18)19/h1-3,5H,4H2. The van der Waals surface area contributed by atoms with E-state index in [1.807, 2.05) is 0 Å². The first-order valence-electron chi connectivity index (χ1n) is 6.31. The Kier molecular flexibility index (Phi) is 4.22. The van der Waals surface area contributed by atoms with Crippen molar-refractivity contribution in [1.82, 2.24) is 19.6 Å². The summed E-state index contributed by atoms with van der Waals surface area (Å²) in [5.74, 6) is -1.37. The molecule has 0 unspecified atom stereocenters. The van der Waals surface area contributed by atoms with E-state index in [9.17, 15) is 17.6 Å². The predicted octanol–water partition coefficient (Wildman–Crippen LogP) is 4.18. The van der Waals surface area contributed by atoms with Crippen LogP contribution in [0.15, 0.2) is 24.5 Å². The fourth-order valence-corrected chi connectivity index (χ4v) is 2.53. The number of rotatable bonds is 3. The van der Waals surface area contributed by atoms with E-state index in [-0.39, 0.29) is 27.1 Å². The van der Waals surface area contributed by atoms with Gasteiger partial charge in [-0.2, -0.15) is 32.8 Å². The van der Waals surface area contributed by atoms with Crippen molar-refractivity contribution in [3.05, 3.63) is 40.5 Å². The van der Waals surface area contributed by atoms with E-state index in [0.717, 1.165) is 16.9 Å². The monoisotopic (exact) mass is 380 g/mol. The summed E-state index contributed by atoms with van der Waals surface area (Å²) < 4.78 is 57.5. The highest BCUT2D eigenvalue weighted by Crippen LogP contribution is 2.41. The van der Waals surface area contributed by atoms with Crippen LogP contribution in [-0.2, 0) is 0 Å². The Morgan fingerprint density at radius 1 is 1.17 bits per heavy atom. The van der Waals surface area contributed by atoms with Gasteiger partial charge in [0, 0.05) is 5.56 Å². The van der Waals surface area contributed by atoms with Crippen LogP contribution in [0.4, 0.5) is 17.6 Å². The lowest BCUT2D eigenvalue weighted by Crippen LogP contribution is -2.21. The number of aromatic nitrogens is 4. The number of hydrogen-bond acceptors (Lipinski definition) is 4. The highest BCUT2D eigenvalue weighted by atomic mass is 35.5. The number of alkyl halides is 3. The van der Waals surface area contributed by atoms with Gasteiger partial charge < -0.3 is 4.74 Å².